The number of hydrogen-bond acceptors (Lipinski definition) is 2. The first-order chi connectivity index (χ1) is 6.79. The normalized spacial score (nSPS) is 20.6. The molecule has 0 aliphatic carbocycles. The van der Waals surface area contributed by atoms with Crippen LogP contribution in [0.5, 0.6) is 0 Å². The summed E-state index contributed by atoms with van der Waals surface area (Å²) in [7, 11) is 2.01. The van der Waals surface area contributed by atoms with Crippen molar-refractivity contribution in [1.82, 2.24) is 10.6 Å². The lowest BCUT2D eigenvalue weighted by Crippen LogP contribution is -2.42. The minimum atomic E-state index is 0.593. The minimum Gasteiger partial charge on any atom is -0.318 e. The number of fused-ring (bicyclic) bond motifs is 1. The molecule has 0 spiro atoms. The first kappa shape index (κ1) is 9.69. The van der Waals surface area contributed by atoms with E-state index in [1.165, 1.54) is 16.7 Å². The lowest BCUT2D eigenvalue weighted by Gasteiger charge is -2.26. The van der Waals surface area contributed by atoms with Crippen LogP contribution in [-0.4, -0.2) is 19.6 Å². The maximum Gasteiger partial charge on any atom is 0.0236 e. The zero-order chi connectivity index (χ0) is 9.97. The van der Waals surface area contributed by atoms with Crippen LogP contribution in [0.25, 0.3) is 0 Å². The van der Waals surface area contributed by atoms with E-state index >= 15 is 0 Å². The Hall–Kier alpha value is -0.860. The molecule has 2 nitrogen and oxygen atoms in total. The average molecular weight is 190 g/mol. The molecule has 0 saturated carbocycles. The van der Waals surface area contributed by atoms with Gasteiger partial charge in [0, 0.05) is 19.1 Å². The number of benzene rings is 1. The van der Waals surface area contributed by atoms with E-state index < -0.39 is 0 Å². The number of nitrogens with one attached hydrogen (secondary N) is 2. The van der Waals surface area contributed by atoms with Crippen molar-refractivity contribution in [2.45, 2.75) is 25.9 Å². The quantitative estimate of drug-likeness (QED) is 0.733. The molecule has 0 fully saturated rings. The molecule has 1 aromatic carbocycles. The van der Waals surface area contributed by atoms with E-state index in [0.29, 0.717) is 6.04 Å². The first-order valence-electron chi connectivity index (χ1n) is 5.26. The third-order valence-corrected chi connectivity index (χ3v) is 2.86. The monoisotopic (exact) mass is 190 g/mol. The summed E-state index contributed by atoms with van der Waals surface area (Å²) in [5.74, 6) is 0. The number of aryl methyl sites for hydroxylation is 1. The van der Waals surface area contributed by atoms with Gasteiger partial charge in [0.05, 0.1) is 0 Å². The van der Waals surface area contributed by atoms with Crippen LogP contribution in [0.2, 0.25) is 0 Å². The van der Waals surface area contributed by atoms with Crippen molar-refractivity contribution < 1.29 is 0 Å². The predicted molar refractivity (Wildman–Crippen MR) is 59.4 cm³/mol. The fourth-order valence-electron chi connectivity index (χ4n) is 2.10. The Labute approximate surface area is 85.7 Å². The largest absolute Gasteiger partial charge is 0.318 e. The van der Waals surface area contributed by atoms with Crippen molar-refractivity contribution in [2.75, 3.05) is 13.6 Å². The molecule has 1 atom stereocenters. The summed E-state index contributed by atoms with van der Waals surface area (Å²) in [4.78, 5) is 0. The van der Waals surface area contributed by atoms with E-state index in [1.54, 1.807) is 0 Å². The maximum atomic E-state index is 3.54. The summed E-state index contributed by atoms with van der Waals surface area (Å²) in [6, 6.07) is 7.36. The maximum absolute atomic E-state index is 3.54. The van der Waals surface area contributed by atoms with Gasteiger partial charge in [-0.05, 0) is 31.5 Å². The Morgan fingerprint density at radius 2 is 2.29 bits per heavy atom. The molecular weight excluding hydrogens is 172 g/mol. The van der Waals surface area contributed by atoms with Crippen LogP contribution in [0.15, 0.2) is 18.2 Å². The molecule has 2 heteroatoms. The number of rotatable bonds is 2. The highest BCUT2D eigenvalue weighted by Gasteiger charge is 2.16. The predicted octanol–water partition coefficient (Wildman–Crippen LogP) is 1.23. The van der Waals surface area contributed by atoms with Gasteiger partial charge in [0.1, 0.15) is 0 Å². The molecule has 2 N–H and O–H groups in total. The molecule has 0 saturated heterocycles. The Balaban J connectivity index is 2.15. The molecular formula is C12H18N2. The van der Waals surface area contributed by atoms with Gasteiger partial charge in [-0.2, -0.15) is 0 Å². The molecule has 0 amide bonds. The average Bonchev–Trinajstić information content (AvgIpc) is 2.19. The molecule has 1 unspecified atom stereocenters. The van der Waals surface area contributed by atoms with Crippen LogP contribution in [0.1, 0.15) is 16.7 Å². The van der Waals surface area contributed by atoms with Crippen molar-refractivity contribution in [3.8, 4) is 0 Å². The second kappa shape index (κ2) is 4.11. The SMILES string of the molecule is CNCC1Cc2ccc(C)cc2CN1. The van der Waals surface area contributed by atoms with Crippen LogP contribution in [0.4, 0.5) is 0 Å². The van der Waals surface area contributed by atoms with Crippen molar-refractivity contribution in [2.24, 2.45) is 0 Å². The van der Waals surface area contributed by atoms with Crippen LogP contribution < -0.4 is 10.6 Å². The number of hydrogen-bond donors (Lipinski definition) is 2. The van der Waals surface area contributed by atoms with E-state index in [4.69, 9.17) is 0 Å². The molecule has 1 heterocycles. The topological polar surface area (TPSA) is 24.1 Å². The fraction of sp³-hybridized carbons (Fsp3) is 0.500. The van der Waals surface area contributed by atoms with Crippen LogP contribution >= 0.6 is 0 Å². The molecule has 0 bridgehead atoms. The summed E-state index contributed by atoms with van der Waals surface area (Å²) in [5.41, 5.74) is 4.34. The van der Waals surface area contributed by atoms with Gasteiger partial charge in [-0.15, -0.1) is 0 Å². The Bertz CT molecular complexity index is 320. The molecule has 0 aromatic heterocycles. The van der Waals surface area contributed by atoms with Crippen molar-refractivity contribution >= 4 is 0 Å². The Morgan fingerprint density at radius 1 is 1.43 bits per heavy atom. The standard InChI is InChI=1S/C12H18N2/c1-9-3-4-10-6-12(8-13-2)14-7-11(10)5-9/h3-5,12-14H,6-8H2,1-2H3. The lowest BCUT2D eigenvalue weighted by molar-refractivity contribution is 0.462. The molecule has 14 heavy (non-hydrogen) atoms. The Morgan fingerprint density at radius 3 is 3.07 bits per heavy atom. The third kappa shape index (κ3) is 1.97. The van der Waals surface area contributed by atoms with Gasteiger partial charge in [0.2, 0.25) is 0 Å². The van der Waals surface area contributed by atoms with Gasteiger partial charge >= 0.3 is 0 Å². The summed E-state index contributed by atoms with van der Waals surface area (Å²) in [6.07, 6.45) is 1.15. The van der Waals surface area contributed by atoms with E-state index in [9.17, 15) is 0 Å². The van der Waals surface area contributed by atoms with Gasteiger partial charge in [0.15, 0.2) is 0 Å². The molecule has 0 radical (unpaired) electrons. The van der Waals surface area contributed by atoms with Crippen LogP contribution in [0.3, 0.4) is 0 Å². The zero-order valence-corrected chi connectivity index (χ0v) is 8.93. The molecule has 2 rings (SSSR count). The summed E-state index contributed by atoms with van der Waals surface area (Å²) in [6.45, 7) is 4.22. The minimum absolute atomic E-state index is 0.593. The second-order valence-electron chi connectivity index (χ2n) is 4.11. The molecule has 1 aliphatic rings. The molecule has 76 valence electrons. The van der Waals surface area contributed by atoms with Crippen LogP contribution in [0, 0.1) is 6.92 Å². The summed E-state index contributed by atoms with van der Waals surface area (Å²) in [5, 5.41) is 6.76. The van der Waals surface area contributed by atoms with E-state index in [1.807, 2.05) is 7.05 Å². The van der Waals surface area contributed by atoms with Crippen molar-refractivity contribution in [3.63, 3.8) is 0 Å². The summed E-state index contributed by atoms with van der Waals surface area (Å²) >= 11 is 0. The second-order valence-corrected chi connectivity index (χ2v) is 4.11. The fourth-order valence-corrected chi connectivity index (χ4v) is 2.10. The smallest absolute Gasteiger partial charge is 0.0236 e. The zero-order valence-electron chi connectivity index (χ0n) is 8.93. The van der Waals surface area contributed by atoms with Crippen molar-refractivity contribution in [3.05, 3.63) is 34.9 Å². The van der Waals surface area contributed by atoms with Gasteiger partial charge in [-0.1, -0.05) is 23.8 Å². The van der Waals surface area contributed by atoms with E-state index in [-0.39, 0.29) is 0 Å². The lowest BCUT2D eigenvalue weighted by atomic mass is 9.94. The van der Waals surface area contributed by atoms with Gasteiger partial charge in [0.25, 0.3) is 0 Å². The number of likely N-dealkylation sites (N-methyl/N-ethyl adjacent to an activating group) is 1. The van der Waals surface area contributed by atoms with E-state index in [0.717, 1.165) is 19.5 Å². The highest BCUT2D eigenvalue weighted by atomic mass is 15.0. The van der Waals surface area contributed by atoms with Crippen LogP contribution in [-0.2, 0) is 13.0 Å². The van der Waals surface area contributed by atoms with Gasteiger partial charge < -0.3 is 10.6 Å². The van der Waals surface area contributed by atoms with E-state index in [2.05, 4.69) is 35.8 Å². The van der Waals surface area contributed by atoms with Gasteiger partial charge in [-0.25, -0.2) is 0 Å². The third-order valence-electron chi connectivity index (χ3n) is 2.86. The summed E-state index contributed by atoms with van der Waals surface area (Å²) < 4.78 is 0. The van der Waals surface area contributed by atoms with Gasteiger partial charge in [-0.3, -0.25) is 0 Å². The molecule has 1 aromatic rings. The Kier molecular flexibility index (Phi) is 2.85. The van der Waals surface area contributed by atoms with Crippen molar-refractivity contribution in [1.29, 1.82) is 0 Å². The highest BCUT2D eigenvalue weighted by Crippen LogP contribution is 2.17. The molecule has 1 aliphatic heterocycles. The first-order valence-corrected chi connectivity index (χ1v) is 5.26. The highest BCUT2D eigenvalue weighted by molar-refractivity contribution is 5.33.